The fourth-order valence-electron chi connectivity index (χ4n) is 2.14. The average molecular weight is 394 g/mol. The van der Waals surface area contributed by atoms with E-state index in [1.54, 1.807) is 6.92 Å². The molecule has 0 aliphatic heterocycles. The monoisotopic (exact) mass is 394 g/mol. The van der Waals surface area contributed by atoms with Gasteiger partial charge in [0.2, 0.25) is 0 Å². The summed E-state index contributed by atoms with van der Waals surface area (Å²) >= 11 is 0. The number of methoxy groups -OCH3 is 2. The Morgan fingerprint density at radius 2 is 1.26 bits per heavy atom. The van der Waals surface area contributed by atoms with E-state index in [1.807, 2.05) is 0 Å². The van der Waals surface area contributed by atoms with Crippen LogP contribution in [0.4, 0.5) is 0 Å². The number of carbonyl (C=O) groups is 2. The number of aldehydes is 2. The van der Waals surface area contributed by atoms with Crippen LogP contribution in [-0.4, -0.2) is 33.4 Å². The predicted octanol–water partition coefficient (Wildman–Crippen LogP) is 3.93. The molecule has 0 atom stereocenters. The highest BCUT2D eigenvalue weighted by Crippen LogP contribution is 2.53. The van der Waals surface area contributed by atoms with Gasteiger partial charge in [-0.1, -0.05) is 0 Å². The van der Waals surface area contributed by atoms with Crippen LogP contribution in [0.25, 0.3) is 0 Å². The SMILES string of the molecule is CCOP(=O)(Oc1ccc(C=O)cc1OC)Oc1ccc(C=O)cc1OC. The Kier molecular flexibility index (Phi) is 6.98. The van der Waals surface area contributed by atoms with Gasteiger partial charge < -0.3 is 18.5 Å². The molecule has 0 heterocycles. The summed E-state index contributed by atoms with van der Waals surface area (Å²) in [7, 11) is -1.37. The van der Waals surface area contributed by atoms with Crippen LogP contribution in [0.5, 0.6) is 23.0 Å². The molecular formula is C18H19O8P. The maximum atomic E-state index is 13.1. The number of phosphoric acid groups is 1. The molecule has 0 unspecified atom stereocenters. The van der Waals surface area contributed by atoms with Crippen LogP contribution in [0.2, 0.25) is 0 Å². The molecule has 9 heteroatoms. The number of phosphoric ester groups is 1. The van der Waals surface area contributed by atoms with Gasteiger partial charge in [0, 0.05) is 11.1 Å². The maximum absolute atomic E-state index is 13.1. The van der Waals surface area contributed by atoms with E-state index < -0.39 is 7.82 Å². The van der Waals surface area contributed by atoms with Gasteiger partial charge in [-0.15, -0.1) is 0 Å². The van der Waals surface area contributed by atoms with E-state index in [0.29, 0.717) is 23.7 Å². The Labute approximate surface area is 156 Å². The Morgan fingerprint density at radius 3 is 1.59 bits per heavy atom. The Hall–Kier alpha value is -2.83. The summed E-state index contributed by atoms with van der Waals surface area (Å²) in [5.74, 6) is 0.518. The molecule has 2 aromatic carbocycles. The van der Waals surface area contributed by atoms with Crippen molar-refractivity contribution in [1.82, 2.24) is 0 Å². The first-order chi connectivity index (χ1) is 13.0. The molecule has 0 spiro atoms. The fourth-order valence-corrected chi connectivity index (χ4v) is 3.38. The molecule has 2 aromatic rings. The highest BCUT2D eigenvalue weighted by Gasteiger charge is 2.33. The van der Waals surface area contributed by atoms with Gasteiger partial charge >= 0.3 is 7.82 Å². The third-order valence-electron chi connectivity index (χ3n) is 3.36. The van der Waals surface area contributed by atoms with Crippen molar-refractivity contribution in [2.75, 3.05) is 20.8 Å². The van der Waals surface area contributed by atoms with Gasteiger partial charge in [-0.05, 0) is 43.3 Å². The molecular weight excluding hydrogens is 375 g/mol. The third-order valence-corrected chi connectivity index (χ3v) is 4.77. The first-order valence-electron chi connectivity index (χ1n) is 7.88. The number of ether oxygens (including phenoxy) is 2. The van der Waals surface area contributed by atoms with Gasteiger partial charge in [-0.25, -0.2) is 4.57 Å². The van der Waals surface area contributed by atoms with E-state index in [4.69, 9.17) is 23.0 Å². The fraction of sp³-hybridized carbons (Fsp3) is 0.222. The highest BCUT2D eigenvalue weighted by molar-refractivity contribution is 7.49. The van der Waals surface area contributed by atoms with E-state index >= 15 is 0 Å². The topological polar surface area (TPSA) is 97.4 Å². The van der Waals surface area contributed by atoms with Gasteiger partial charge in [0.05, 0.1) is 20.8 Å². The molecule has 0 aromatic heterocycles. The molecule has 2 rings (SSSR count). The summed E-state index contributed by atoms with van der Waals surface area (Å²) in [5.41, 5.74) is 0.718. The zero-order valence-electron chi connectivity index (χ0n) is 15.0. The first-order valence-corrected chi connectivity index (χ1v) is 9.34. The second-order valence-corrected chi connectivity index (χ2v) is 6.62. The first kappa shape index (κ1) is 20.5. The maximum Gasteiger partial charge on any atom is 0.587 e. The van der Waals surface area contributed by atoms with Gasteiger partial charge in [-0.3, -0.25) is 14.1 Å². The molecule has 0 N–H and O–H groups in total. The number of benzene rings is 2. The van der Waals surface area contributed by atoms with Crippen LogP contribution in [0.1, 0.15) is 27.6 Å². The Bertz CT molecular complexity index is 799. The molecule has 27 heavy (non-hydrogen) atoms. The Morgan fingerprint density at radius 1 is 0.815 bits per heavy atom. The standard InChI is InChI=1S/C18H19O8P/c1-4-24-27(21,25-15-7-5-13(11-19)9-17(15)22-2)26-16-8-6-14(12-20)10-18(16)23-3/h5-12H,4H2,1-3H3. The van der Waals surface area contributed by atoms with Crippen molar-refractivity contribution in [3.05, 3.63) is 47.5 Å². The molecule has 0 amide bonds. The van der Waals surface area contributed by atoms with Gasteiger partial charge in [0.1, 0.15) is 12.6 Å². The van der Waals surface area contributed by atoms with Crippen LogP contribution in [0.3, 0.4) is 0 Å². The van der Waals surface area contributed by atoms with Crippen LogP contribution in [0, 0.1) is 0 Å². The van der Waals surface area contributed by atoms with E-state index in [-0.39, 0.29) is 29.6 Å². The molecule has 0 aliphatic rings. The largest absolute Gasteiger partial charge is 0.587 e. The summed E-state index contributed by atoms with van der Waals surface area (Å²) < 4.78 is 39.5. The molecule has 0 bridgehead atoms. The number of hydrogen-bond acceptors (Lipinski definition) is 8. The lowest BCUT2D eigenvalue weighted by Crippen LogP contribution is -2.07. The van der Waals surface area contributed by atoms with E-state index in [1.165, 1.54) is 50.6 Å². The van der Waals surface area contributed by atoms with Gasteiger partial charge in [-0.2, -0.15) is 0 Å². The van der Waals surface area contributed by atoms with E-state index in [0.717, 1.165) is 0 Å². The average Bonchev–Trinajstić information content (AvgIpc) is 2.68. The normalized spacial score (nSPS) is 10.8. The zero-order chi connectivity index (χ0) is 19.9. The second-order valence-electron chi connectivity index (χ2n) is 5.10. The zero-order valence-corrected chi connectivity index (χ0v) is 15.9. The Balaban J connectivity index is 2.37. The molecule has 0 aliphatic carbocycles. The lowest BCUT2D eigenvalue weighted by Gasteiger charge is -2.20. The summed E-state index contributed by atoms with van der Waals surface area (Å²) in [6, 6.07) is 8.64. The van der Waals surface area contributed by atoms with Crippen LogP contribution >= 0.6 is 7.82 Å². The summed E-state index contributed by atoms with van der Waals surface area (Å²) in [4.78, 5) is 21.8. The second kappa shape index (κ2) is 9.21. The number of rotatable bonds is 10. The smallest absolute Gasteiger partial charge is 0.493 e. The summed E-state index contributed by atoms with van der Waals surface area (Å²) in [6.07, 6.45) is 1.29. The molecule has 0 saturated carbocycles. The third kappa shape index (κ3) is 5.09. The lowest BCUT2D eigenvalue weighted by molar-refractivity contribution is 0.111. The lowest BCUT2D eigenvalue weighted by atomic mass is 10.2. The van der Waals surface area contributed by atoms with E-state index in [9.17, 15) is 14.2 Å². The molecule has 0 fully saturated rings. The van der Waals surface area contributed by atoms with Crippen molar-refractivity contribution in [2.24, 2.45) is 0 Å². The minimum atomic E-state index is -4.13. The van der Waals surface area contributed by atoms with Crippen molar-refractivity contribution in [3.8, 4) is 23.0 Å². The molecule has 0 saturated heterocycles. The van der Waals surface area contributed by atoms with E-state index in [2.05, 4.69) is 0 Å². The molecule has 144 valence electrons. The van der Waals surface area contributed by atoms with Gasteiger partial charge in [0.15, 0.2) is 23.0 Å². The number of hydrogen-bond donors (Lipinski definition) is 0. The van der Waals surface area contributed by atoms with Gasteiger partial charge in [0.25, 0.3) is 0 Å². The van der Waals surface area contributed by atoms with Crippen LogP contribution in [0.15, 0.2) is 36.4 Å². The quantitative estimate of drug-likeness (QED) is 0.442. The highest BCUT2D eigenvalue weighted by atomic mass is 31.2. The summed E-state index contributed by atoms with van der Waals surface area (Å²) in [5, 5.41) is 0. The minimum absolute atomic E-state index is 0.0424. The van der Waals surface area contributed by atoms with Crippen LogP contribution < -0.4 is 18.5 Å². The van der Waals surface area contributed by atoms with Crippen molar-refractivity contribution in [1.29, 1.82) is 0 Å². The predicted molar refractivity (Wildman–Crippen MR) is 97.3 cm³/mol. The van der Waals surface area contributed by atoms with Crippen molar-refractivity contribution in [3.63, 3.8) is 0 Å². The van der Waals surface area contributed by atoms with Crippen molar-refractivity contribution < 1.29 is 37.2 Å². The van der Waals surface area contributed by atoms with Crippen LogP contribution in [-0.2, 0) is 9.09 Å². The minimum Gasteiger partial charge on any atom is -0.493 e. The number of carbonyl (C=O) groups excluding carboxylic acids is 2. The molecule has 0 radical (unpaired) electrons. The summed E-state index contributed by atoms with van der Waals surface area (Å²) in [6.45, 7) is 1.67. The van der Waals surface area contributed by atoms with Crippen molar-refractivity contribution in [2.45, 2.75) is 6.92 Å². The molecule has 8 nitrogen and oxygen atoms in total. The van der Waals surface area contributed by atoms with Crippen molar-refractivity contribution >= 4 is 20.4 Å².